The number of ether oxygens (including phenoxy) is 2. The molecule has 0 unspecified atom stereocenters. The fourth-order valence-corrected chi connectivity index (χ4v) is 1.72. The fourth-order valence-electron chi connectivity index (χ4n) is 1.72. The Morgan fingerprint density at radius 2 is 2.05 bits per heavy atom. The molecule has 2 rings (SSSR count). The van der Waals surface area contributed by atoms with Gasteiger partial charge in [-0.05, 0) is 31.2 Å². The Bertz CT molecular complexity index is 546. The molecule has 0 radical (unpaired) electrons. The maximum atomic E-state index is 11.3. The third-order valence-electron chi connectivity index (χ3n) is 2.79. The van der Waals surface area contributed by atoms with Gasteiger partial charge in [-0.25, -0.2) is 9.78 Å². The predicted molar refractivity (Wildman–Crippen MR) is 70.0 cm³/mol. The summed E-state index contributed by atoms with van der Waals surface area (Å²) in [5.74, 6) is 1.21. The van der Waals surface area contributed by atoms with Crippen molar-refractivity contribution in [3.05, 3.63) is 48.0 Å². The molecule has 0 aliphatic heterocycles. The summed E-state index contributed by atoms with van der Waals surface area (Å²) in [7, 11) is 1.36. The van der Waals surface area contributed by atoms with E-state index in [0.717, 1.165) is 12.4 Å². The molecule has 0 saturated carbocycles. The summed E-state index contributed by atoms with van der Waals surface area (Å²) in [4.78, 5) is 15.5. The number of aryl methyl sites for hydroxylation is 1. The maximum Gasteiger partial charge on any atom is 0.337 e. The first-order valence-corrected chi connectivity index (χ1v) is 6.05. The van der Waals surface area contributed by atoms with E-state index in [-0.39, 0.29) is 5.97 Å². The second-order valence-electron chi connectivity index (χ2n) is 3.93. The van der Waals surface area contributed by atoms with Crippen LogP contribution in [0.2, 0.25) is 0 Å². The van der Waals surface area contributed by atoms with Gasteiger partial charge in [0.2, 0.25) is 0 Å². The SMILES string of the molecule is CCn1ccnc1COc1ccc(C(=O)OC)cc1. The van der Waals surface area contributed by atoms with E-state index in [9.17, 15) is 4.79 Å². The Morgan fingerprint density at radius 1 is 1.32 bits per heavy atom. The minimum atomic E-state index is -0.354. The molecule has 0 aliphatic carbocycles. The van der Waals surface area contributed by atoms with E-state index in [1.165, 1.54) is 7.11 Å². The molecule has 1 aromatic heterocycles. The van der Waals surface area contributed by atoms with Crippen molar-refractivity contribution in [2.45, 2.75) is 20.1 Å². The van der Waals surface area contributed by atoms with Crippen LogP contribution in [0.25, 0.3) is 0 Å². The highest BCUT2D eigenvalue weighted by Crippen LogP contribution is 2.14. The number of carbonyl (C=O) groups excluding carboxylic acids is 1. The van der Waals surface area contributed by atoms with Crippen LogP contribution >= 0.6 is 0 Å². The molecule has 0 amide bonds. The smallest absolute Gasteiger partial charge is 0.337 e. The Hall–Kier alpha value is -2.30. The number of rotatable bonds is 5. The summed E-state index contributed by atoms with van der Waals surface area (Å²) in [5, 5.41) is 0. The van der Waals surface area contributed by atoms with Crippen molar-refractivity contribution in [2.24, 2.45) is 0 Å². The highest BCUT2D eigenvalue weighted by atomic mass is 16.5. The molecule has 0 fully saturated rings. The highest BCUT2D eigenvalue weighted by molar-refractivity contribution is 5.89. The number of methoxy groups -OCH3 is 1. The third-order valence-corrected chi connectivity index (χ3v) is 2.79. The maximum absolute atomic E-state index is 11.3. The third kappa shape index (κ3) is 3.13. The van der Waals surface area contributed by atoms with E-state index in [4.69, 9.17) is 4.74 Å². The first-order valence-electron chi connectivity index (χ1n) is 6.05. The number of aromatic nitrogens is 2. The summed E-state index contributed by atoms with van der Waals surface area (Å²) in [6.45, 7) is 3.31. The van der Waals surface area contributed by atoms with Gasteiger partial charge >= 0.3 is 5.97 Å². The second-order valence-corrected chi connectivity index (χ2v) is 3.93. The van der Waals surface area contributed by atoms with Crippen LogP contribution in [-0.2, 0) is 17.9 Å². The van der Waals surface area contributed by atoms with E-state index in [1.54, 1.807) is 30.5 Å². The fraction of sp³-hybridized carbons (Fsp3) is 0.286. The Morgan fingerprint density at radius 3 is 2.68 bits per heavy atom. The van der Waals surface area contributed by atoms with Crippen LogP contribution in [0.5, 0.6) is 5.75 Å². The summed E-state index contributed by atoms with van der Waals surface area (Å²) < 4.78 is 12.3. The zero-order valence-corrected chi connectivity index (χ0v) is 11.0. The van der Waals surface area contributed by atoms with Crippen LogP contribution in [-0.4, -0.2) is 22.6 Å². The van der Waals surface area contributed by atoms with Crippen molar-refractivity contribution < 1.29 is 14.3 Å². The molecule has 1 heterocycles. The van der Waals surface area contributed by atoms with Gasteiger partial charge in [-0.15, -0.1) is 0 Å². The molecule has 0 N–H and O–H groups in total. The molecule has 0 bridgehead atoms. The van der Waals surface area contributed by atoms with Gasteiger partial charge < -0.3 is 14.0 Å². The minimum Gasteiger partial charge on any atom is -0.486 e. The van der Waals surface area contributed by atoms with Crippen LogP contribution in [0.1, 0.15) is 23.1 Å². The lowest BCUT2D eigenvalue weighted by atomic mass is 10.2. The highest BCUT2D eigenvalue weighted by Gasteiger charge is 2.06. The number of imidazole rings is 1. The number of nitrogens with zero attached hydrogens (tertiary/aromatic N) is 2. The quantitative estimate of drug-likeness (QED) is 0.774. The molecule has 5 nitrogen and oxygen atoms in total. The van der Waals surface area contributed by atoms with Crippen molar-refractivity contribution in [3.63, 3.8) is 0 Å². The Kier molecular flexibility index (Phi) is 4.18. The average Bonchev–Trinajstić information content (AvgIpc) is 2.92. The first kappa shape index (κ1) is 13.1. The molecule has 5 heteroatoms. The lowest BCUT2D eigenvalue weighted by Gasteiger charge is -2.08. The van der Waals surface area contributed by atoms with Gasteiger partial charge in [0.05, 0.1) is 12.7 Å². The van der Waals surface area contributed by atoms with Gasteiger partial charge in [0.1, 0.15) is 18.2 Å². The number of esters is 1. The van der Waals surface area contributed by atoms with Gasteiger partial charge in [0, 0.05) is 18.9 Å². The Balaban J connectivity index is 1.98. The van der Waals surface area contributed by atoms with E-state index in [0.29, 0.717) is 17.9 Å². The Labute approximate surface area is 111 Å². The van der Waals surface area contributed by atoms with E-state index < -0.39 is 0 Å². The number of benzene rings is 1. The lowest BCUT2D eigenvalue weighted by molar-refractivity contribution is 0.0600. The summed E-state index contributed by atoms with van der Waals surface area (Å²) in [5.41, 5.74) is 0.505. The zero-order valence-electron chi connectivity index (χ0n) is 11.0. The molecule has 0 saturated heterocycles. The topological polar surface area (TPSA) is 53.4 Å². The normalized spacial score (nSPS) is 10.2. The molecule has 19 heavy (non-hydrogen) atoms. The van der Waals surface area contributed by atoms with E-state index in [2.05, 4.69) is 16.6 Å². The number of hydrogen-bond acceptors (Lipinski definition) is 4. The standard InChI is InChI=1S/C14H16N2O3/c1-3-16-9-8-15-13(16)10-19-12-6-4-11(5-7-12)14(17)18-2/h4-9H,3,10H2,1-2H3. The first-order chi connectivity index (χ1) is 9.24. The average molecular weight is 260 g/mol. The lowest BCUT2D eigenvalue weighted by Crippen LogP contribution is -2.05. The van der Waals surface area contributed by atoms with Crippen molar-refractivity contribution in [2.75, 3.05) is 7.11 Å². The monoisotopic (exact) mass is 260 g/mol. The molecule has 0 aliphatic rings. The summed E-state index contributed by atoms with van der Waals surface area (Å²) in [6, 6.07) is 6.83. The van der Waals surface area contributed by atoms with Gasteiger partial charge in [-0.2, -0.15) is 0 Å². The number of carbonyl (C=O) groups is 1. The van der Waals surface area contributed by atoms with E-state index in [1.807, 2.05) is 10.8 Å². The largest absolute Gasteiger partial charge is 0.486 e. The molecular formula is C14H16N2O3. The van der Waals surface area contributed by atoms with Crippen LogP contribution in [0.3, 0.4) is 0 Å². The second kappa shape index (κ2) is 6.04. The summed E-state index contributed by atoms with van der Waals surface area (Å²) in [6.07, 6.45) is 3.67. The van der Waals surface area contributed by atoms with Crippen molar-refractivity contribution in [1.29, 1.82) is 0 Å². The van der Waals surface area contributed by atoms with Crippen LogP contribution in [0.15, 0.2) is 36.7 Å². The molecule has 1 aromatic carbocycles. The molecule has 0 spiro atoms. The molecule has 0 atom stereocenters. The molecule has 100 valence electrons. The van der Waals surface area contributed by atoms with Gasteiger partial charge in [0.25, 0.3) is 0 Å². The van der Waals surface area contributed by atoms with Gasteiger partial charge in [-0.1, -0.05) is 0 Å². The minimum absolute atomic E-state index is 0.354. The van der Waals surface area contributed by atoms with Crippen LogP contribution in [0.4, 0.5) is 0 Å². The van der Waals surface area contributed by atoms with Crippen molar-refractivity contribution in [3.8, 4) is 5.75 Å². The zero-order chi connectivity index (χ0) is 13.7. The van der Waals surface area contributed by atoms with Crippen LogP contribution < -0.4 is 4.74 Å². The summed E-state index contributed by atoms with van der Waals surface area (Å²) >= 11 is 0. The molecule has 2 aromatic rings. The van der Waals surface area contributed by atoms with E-state index >= 15 is 0 Å². The van der Waals surface area contributed by atoms with Crippen molar-refractivity contribution >= 4 is 5.97 Å². The molecular weight excluding hydrogens is 244 g/mol. The predicted octanol–water partition coefficient (Wildman–Crippen LogP) is 2.27. The van der Waals surface area contributed by atoms with Crippen molar-refractivity contribution in [1.82, 2.24) is 9.55 Å². The van der Waals surface area contributed by atoms with Gasteiger partial charge in [-0.3, -0.25) is 0 Å². The number of hydrogen-bond donors (Lipinski definition) is 0. The van der Waals surface area contributed by atoms with Gasteiger partial charge in [0.15, 0.2) is 0 Å². The van der Waals surface area contributed by atoms with Crippen LogP contribution in [0, 0.1) is 0 Å².